The standard InChI is InChI=1S/C13H15F4N3O2/c14-11(15)22-10-6-8(3-5-18-10)7-19-12(21)20-9-2-1-4-13(9,16)17/h3,5-6,9,11H,1-2,4,7H2,(H2,19,20,21). The van der Waals surface area contributed by atoms with Gasteiger partial charge in [0.05, 0.1) is 6.04 Å². The van der Waals surface area contributed by atoms with Gasteiger partial charge >= 0.3 is 12.6 Å². The van der Waals surface area contributed by atoms with Crippen molar-refractivity contribution >= 4 is 6.03 Å². The molecule has 9 heteroatoms. The van der Waals surface area contributed by atoms with E-state index in [1.807, 2.05) is 0 Å². The van der Waals surface area contributed by atoms with E-state index in [1.165, 1.54) is 18.3 Å². The lowest BCUT2D eigenvalue weighted by Gasteiger charge is -2.20. The second kappa shape index (κ2) is 6.80. The highest BCUT2D eigenvalue weighted by atomic mass is 19.3. The molecular weight excluding hydrogens is 306 g/mol. The molecule has 0 aliphatic heterocycles. The number of halogens is 4. The van der Waals surface area contributed by atoms with E-state index in [0.29, 0.717) is 12.0 Å². The predicted molar refractivity (Wildman–Crippen MR) is 68.8 cm³/mol. The highest BCUT2D eigenvalue weighted by Gasteiger charge is 2.44. The molecule has 122 valence electrons. The van der Waals surface area contributed by atoms with Crippen molar-refractivity contribution in [3.05, 3.63) is 23.9 Å². The number of pyridine rings is 1. The van der Waals surface area contributed by atoms with Crippen molar-refractivity contribution in [3.8, 4) is 5.88 Å². The number of urea groups is 1. The van der Waals surface area contributed by atoms with E-state index in [4.69, 9.17) is 0 Å². The van der Waals surface area contributed by atoms with Crippen molar-refractivity contribution in [3.63, 3.8) is 0 Å². The van der Waals surface area contributed by atoms with E-state index < -0.39 is 24.6 Å². The lowest BCUT2D eigenvalue weighted by molar-refractivity contribution is -0.0529. The van der Waals surface area contributed by atoms with Gasteiger partial charge in [0, 0.05) is 25.2 Å². The third-order valence-electron chi connectivity index (χ3n) is 3.28. The Labute approximate surface area is 124 Å². The van der Waals surface area contributed by atoms with Gasteiger partial charge in [-0.1, -0.05) is 0 Å². The summed E-state index contributed by atoms with van der Waals surface area (Å²) >= 11 is 0. The molecule has 1 aliphatic carbocycles. The first-order valence-electron chi connectivity index (χ1n) is 6.69. The van der Waals surface area contributed by atoms with Crippen LogP contribution in [0.25, 0.3) is 0 Å². The van der Waals surface area contributed by atoms with Crippen LogP contribution < -0.4 is 15.4 Å². The Balaban J connectivity index is 1.83. The van der Waals surface area contributed by atoms with E-state index in [1.54, 1.807) is 0 Å². The van der Waals surface area contributed by atoms with Crippen LogP contribution in [-0.2, 0) is 6.54 Å². The van der Waals surface area contributed by atoms with Gasteiger partial charge in [-0.3, -0.25) is 0 Å². The summed E-state index contributed by atoms with van der Waals surface area (Å²) in [5.41, 5.74) is 0.457. The summed E-state index contributed by atoms with van der Waals surface area (Å²) in [5.74, 6) is -3.18. The molecule has 2 amide bonds. The molecule has 1 atom stereocenters. The topological polar surface area (TPSA) is 63.2 Å². The largest absolute Gasteiger partial charge is 0.417 e. The average molecular weight is 321 g/mol. The average Bonchev–Trinajstić information content (AvgIpc) is 2.75. The van der Waals surface area contributed by atoms with Crippen molar-refractivity contribution in [2.45, 2.75) is 44.4 Å². The maximum absolute atomic E-state index is 13.4. The van der Waals surface area contributed by atoms with E-state index in [2.05, 4.69) is 20.4 Å². The van der Waals surface area contributed by atoms with Gasteiger partial charge in [-0.2, -0.15) is 8.78 Å². The molecule has 2 N–H and O–H groups in total. The smallest absolute Gasteiger partial charge is 0.388 e. The van der Waals surface area contributed by atoms with Crippen molar-refractivity contribution in [2.24, 2.45) is 0 Å². The lowest BCUT2D eigenvalue weighted by atomic mass is 10.2. The van der Waals surface area contributed by atoms with Gasteiger partial charge in [-0.15, -0.1) is 0 Å². The molecule has 0 aromatic carbocycles. The molecule has 1 heterocycles. The Morgan fingerprint density at radius 2 is 2.27 bits per heavy atom. The van der Waals surface area contributed by atoms with Crippen LogP contribution in [0.1, 0.15) is 24.8 Å². The molecular formula is C13H15F4N3O2. The number of alkyl halides is 4. The zero-order valence-electron chi connectivity index (χ0n) is 11.5. The molecule has 1 aromatic rings. The molecule has 5 nitrogen and oxygen atoms in total. The Morgan fingerprint density at radius 1 is 1.50 bits per heavy atom. The molecule has 0 bridgehead atoms. The number of hydrogen-bond acceptors (Lipinski definition) is 3. The van der Waals surface area contributed by atoms with Crippen LogP contribution in [0.15, 0.2) is 18.3 Å². The summed E-state index contributed by atoms with van der Waals surface area (Å²) in [5, 5.41) is 4.61. The minimum atomic E-state index is -3.00. The minimum absolute atomic E-state index is 0.0216. The van der Waals surface area contributed by atoms with Crippen LogP contribution in [0.2, 0.25) is 0 Å². The van der Waals surface area contributed by atoms with Crippen LogP contribution in [0, 0.1) is 0 Å². The van der Waals surface area contributed by atoms with Gasteiger partial charge in [-0.25, -0.2) is 18.6 Å². The van der Waals surface area contributed by atoms with E-state index >= 15 is 0 Å². The van der Waals surface area contributed by atoms with Crippen molar-refractivity contribution < 1.29 is 27.1 Å². The van der Waals surface area contributed by atoms with Gasteiger partial charge in [0.15, 0.2) is 0 Å². The van der Waals surface area contributed by atoms with Crippen molar-refractivity contribution in [1.82, 2.24) is 15.6 Å². The van der Waals surface area contributed by atoms with Gasteiger partial charge < -0.3 is 15.4 Å². The van der Waals surface area contributed by atoms with E-state index in [9.17, 15) is 22.4 Å². The quantitative estimate of drug-likeness (QED) is 0.820. The number of amides is 2. The van der Waals surface area contributed by atoms with Gasteiger partial charge in [0.25, 0.3) is 5.92 Å². The summed E-state index contributed by atoms with van der Waals surface area (Å²) < 4.78 is 55.0. The monoisotopic (exact) mass is 321 g/mol. The van der Waals surface area contributed by atoms with Gasteiger partial charge in [-0.05, 0) is 24.5 Å². The van der Waals surface area contributed by atoms with E-state index in [0.717, 1.165) is 0 Å². The molecule has 0 radical (unpaired) electrons. The molecule has 1 aliphatic rings. The zero-order chi connectivity index (χ0) is 16.2. The fourth-order valence-corrected chi connectivity index (χ4v) is 2.21. The lowest BCUT2D eigenvalue weighted by Crippen LogP contribution is -2.47. The molecule has 1 fully saturated rings. The highest BCUT2D eigenvalue weighted by molar-refractivity contribution is 5.74. The first-order valence-corrected chi connectivity index (χ1v) is 6.69. The SMILES string of the molecule is O=C(NCc1ccnc(OC(F)F)c1)NC1CCCC1(F)F. The Kier molecular flexibility index (Phi) is 5.04. The third kappa shape index (κ3) is 4.47. The molecule has 1 aromatic heterocycles. The number of carbonyl (C=O) groups excluding carboxylic acids is 1. The van der Waals surface area contributed by atoms with Crippen molar-refractivity contribution in [2.75, 3.05) is 0 Å². The van der Waals surface area contributed by atoms with Gasteiger partial charge in [0.2, 0.25) is 5.88 Å². The number of nitrogens with zero attached hydrogens (tertiary/aromatic N) is 1. The Hall–Kier alpha value is -2.06. The first kappa shape index (κ1) is 16.3. The predicted octanol–water partition coefficient (Wildman–Crippen LogP) is 2.67. The molecule has 2 rings (SSSR count). The highest BCUT2D eigenvalue weighted by Crippen LogP contribution is 2.34. The number of nitrogens with one attached hydrogen (secondary N) is 2. The van der Waals surface area contributed by atoms with Crippen LogP contribution >= 0.6 is 0 Å². The Bertz CT molecular complexity index is 528. The molecule has 0 saturated heterocycles. The number of aromatic nitrogens is 1. The summed E-state index contributed by atoms with van der Waals surface area (Å²) in [7, 11) is 0. The third-order valence-corrected chi connectivity index (χ3v) is 3.28. The number of rotatable bonds is 5. The fourth-order valence-electron chi connectivity index (χ4n) is 2.21. The molecule has 22 heavy (non-hydrogen) atoms. The first-order chi connectivity index (χ1) is 10.4. The van der Waals surface area contributed by atoms with Crippen LogP contribution in [0.5, 0.6) is 5.88 Å². The van der Waals surface area contributed by atoms with Crippen LogP contribution in [-0.4, -0.2) is 29.6 Å². The number of carbonyl (C=O) groups is 1. The summed E-state index contributed by atoms with van der Waals surface area (Å²) in [4.78, 5) is 15.2. The summed E-state index contributed by atoms with van der Waals surface area (Å²) in [6, 6.07) is 0.807. The minimum Gasteiger partial charge on any atom is -0.417 e. The van der Waals surface area contributed by atoms with Crippen LogP contribution in [0.4, 0.5) is 22.4 Å². The number of ether oxygens (including phenoxy) is 1. The Morgan fingerprint density at radius 3 is 2.91 bits per heavy atom. The molecule has 0 spiro atoms. The zero-order valence-corrected chi connectivity index (χ0v) is 11.5. The normalized spacial score (nSPS) is 20.0. The maximum Gasteiger partial charge on any atom is 0.388 e. The summed E-state index contributed by atoms with van der Waals surface area (Å²) in [6.07, 6.45) is 1.59. The van der Waals surface area contributed by atoms with E-state index in [-0.39, 0.29) is 25.3 Å². The molecule has 1 unspecified atom stereocenters. The van der Waals surface area contributed by atoms with Crippen molar-refractivity contribution in [1.29, 1.82) is 0 Å². The fraction of sp³-hybridized carbons (Fsp3) is 0.538. The number of hydrogen-bond donors (Lipinski definition) is 2. The maximum atomic E-state index is 13.4. The summed E-state index contributed by atoms with van der Waals surface area (Å²) in [6.45, 7) is -3.02. The molecule has 1 saturated carbocycles. The second-order valence-corrected chi connectivity index (χ2v) is 4.91. The second-order valence-electron chi connectivity index (χ2n) is 4.91. The van der Waals surface area contributed by atoms with Gasteiger partial charge in [0.1, 0.15) is 0 Å². The van der Waals surface area contributed by atoms with Crippen LogP contribution in [0.3, 0.4) is 0 Å².